The maximum atomic E-state index is 10.7. The smallest absolute Gasteiger partial charge is 0.219 e. The number of carbonyl (C=O) groups excluding carboxylic acids is 1. The number of pyridine rings is 1. The summed E-state index contributed by atoms with van der Waals surface area (Å²) in [6.07, 6.45) is 3.58. The summed E-state index contributed by atoms with van der Waals surface area (Å²) in [7, 11) is 0. The van der Waals surface area contributed by atoms with Crippen molar-refractivity contribution < 1.29 is 9.53 Å². The van der Waals surface area contributed by atoms with Gasteiger partial charge in [0.25, 0.3) is 0 Å². The van der Waals surface area contributed by atoms with Gasteiger partial charge in [-0.25, -0.2) is 4.98 Å². The van der Waals surface area contributed by atoms with E-state index in [-0.39, 0.29) is 11.8 Å². The zero-order valence-electron chi connectivity index (χ0n) is 14.0. The second-order valence-corrected chi connectivity index (χ2v) is 5.94. The van der Waals surface area contributed by atoms with Crippen LogP contribution in [0.15, 0.2) is 36.5 Å². The van der Waals surface area contributed by atoms with Crippen LogP contribution in [0.2, 0.25) is 0 Å². The Labute approximate surface area is 142 Å². The number of primary amides is 1. The molecule has 1 heterocycles. The quantitative estimate of drug-likeness (QED) is 0.841. The number of hydrogen-bond acceptors (Lipinski definition) is 4. The van der Waals surface area contributed by atoms with Gasteiger partial charge in [0.1, 0.15) is 5.75 Å². The van der Waals surface area contributed by atoms with Gasteiger partial charge in [-0.2, -0.15) is 5.26 Å². The normalized spacial score (nSPS) is 10.4. The summed E-state index contributed by atoms with van der Waals surface area (Å²) in [5.41, 5.74) is 7.78. The Morgan fingerprint density at radius 3 is 2.71 bits per heavy atom. The Balaban J connectivity index is 2.05. The fourth-order valence-electron chi connectivity index (χ4n) is 2.39. The average Bonchev–Trinajstić information content (AvgIpc) is 2.56. The maximum Gasteiger partial charge on any atom is 0.219 e. The molecule has 1 amide bonds. The maximum absolute atomic E-state index is 10.7. The summed E-state index contributed by atoms with van der Waals surface area (Å²) in [6.45, 7) is 4.08. The van der Waals surface area contributed by atoms with E-state index >= 15 is 0 Å². The Hall–Kier alpha value is -2.87. The topological polar surface area (TPSA) is 89.0 Å². The lowest BCUT2D eigenvalue weighted by Crippen LogP contribution is -2.10. The van der Waals surface area contributed by atoms with E-state index in [2.05, 4.69) is 11.1 Å². The van der Waals surface area contributed by atoms with Crippen LogP contribution in [0.25, 0.3) is 0 Å². The summed E-state index contributed by atoms with van der Waals surface area (Å²) in [5, 5.41) is 9.15. The van der Waals surface area contributed by atoms with E-state index in [4.69, 9.17) is 15.7 Å². The molecule has 2 rings (SSSR count). The molecular weight excluding hydrogens is 302 g/mol. The molecule has 5 heteroatoms. The van der Waals surface area contributed by atoms with Gasteiger partial charge in [-0.15, -0.1) is 0 Å². The molecule has 1 aromatic heterocycles. The van der Waals surface area contributed by atoms with Crippen LogP contribution >= 0.6 is 0 Å². The minimum absolute atomic E-state index is 0.240. The molecule has 0 radical (unpaired) electrons. The molecule has 0 aliphatic rings. The van der Waals surface area contributed by atoms with Crippen LogP contribution in [0.3, 0.4) is 0 Å². The van der Waals surface area contributed by atoms with Crippen molar-refractivity contribution in [2.75, 3.05) is 0 Å². The zero-order valence-corrected chi connectivity index (χ0v) is 14.0. The number of ether oxygens (including phenoxy) is 1. The van der Waals surface area contributed by atoms with Gasteiger partial charge >= 0.3 is 0 Å². The first-order valence-electron chi connectivity index (χ1n) is 7.94. The van der Waals surface area contributed by atoms with Crippen LogP contribution in [-0.2, 0) is 11.2 Å². The van der Waals surface area contributed by atoms with Crippen molar-refractivity contribution >= 4 is 5.91 Å². The molecule has 0 aliphatic carbocycles. The lowest BCUT2D eigenvalue weighted by molar-refractivity contribution is -0.118. The number of nitriles is 1. The van der Waals surface area contributed by atoms with Gasteiger partial charge in [0.05, 0.1) is 11.6 Å². The summed E-state index contributed by atoms with van der Waals surface area (Å²) in [6, 6.07) is 11.3. The van der Waals surface area contributed by atoms with E-state index in [9.17, 15) is 4.79 Å². The lowest BCUT2D eigenvalue weighted by Gasteiger charge is -2.11. The van der Waals surface area contributed by atoms with E-state index in [0.717, 1.165) is 17.5 Å². The van der Waals surface area contributed by atoms with Gasteiger partial charge in [0.15, 0.2) is 0 Å². The highest BCUT2D eigenvalue weighted by Crippen LogP contribution is 2.27. The van der Waals surface area contributed by atoms with Gasteiger partial charge in [-0.05, 0) is 48.1 Å². The van der Waals surface area contributed by atoms with Gasteiger partial charge in [0.2, 0.25) is 11.8 Å². The van der Waals surface area contributed by atoms with Crippen molar-refractivity contribution in [1.82, 2.24) is 4.98 Å². The Morgan fingerprint density at radius 1 is 1.33 bits per heavy atom. The molecule has 0 aliphatic heterocycles. The first kappa shape index (κ1) is 17.5. The second kappa shape index (κ2) is 8.11. The van der Waals surface area contributed by atoms with Crippen molar-refractivity contribution in [2.45, 2.75) is 39.0 Å². The Morgan fingerprint density at radius 2 is 2.12 bits per heavy atom. The fourth-order valence-corrected chi connectivity index (χ4v) is 2.39. The second-order valence-electron chi connectivity index (χ2n) is 5.94. The fraction of sp³-hybridized carbons (Fsp3) is 0.316. The van der Waals surface area contributed by atoms with Gasteiger partial charge < -0.3 is 10.5 Å². The van der Waals surface area contributed by atoms with E-state index in [1.165, 1.54) is 0 Å². The monoisotopic (exact) mass is 323 g/mol. The highest BCUT2D eigenvalue weighted by molar-refractivity contribution is 5.73. The molecule has 0 saturated carbocycles. The third-order valence-corrected chi connectivity index (χ3v) is 3.67. The molecule has 1 aromatic carbocycles. The minimum atomic E-state index is -0.287. The molecular formula is C19H21N3O2. The summed E-state index contributed by atoms with van der Waals surface area (Å²) in [4.78, 5) is 15.0. The van der Waals surface area contributed by atoms with E-state index in [1.807, 2.05) is 26.0 Å². The largest absolute Gasteiger partial charge is 0.439 e. The number of nitrogens with zero attached hydrogens (tertiary/aromatic N) is 2. The Kier molecular flexibility index (Phi) is 5.91. The van der Waals surface area contributed by atoms with E-state index in [0.29, 0.717) is 30.0 Å². The predicted octanol–water partition coefficient (Wildman–Crippen LogP) is 3.68. The van der Waals surface area contributed by atoms with E-state index < -0.39 is 0 Å². The van der Waals surface area contributed by atoms with Crippen LogP contribution in [-0.4, -0.2) is 10.9 Å². The number of rotatable bonds is 7. The first-order chi connectivity index (χ1) is 11.5. The van der Waals surface area contributed by atoms with Crippen molar-refractivity contribution in [2.24, 2.45) is 5.73 Å². The van der Waals surface area contributed by atoms with Crippen LogP contribution in [0.1, 0.15) is 49.3 Å². The first-order valence-corrected chi connectivity index (χ1v) is 7.94. The number of amides is 1. The number of carbonyl (C=O) groups is 1. The standard InChI is InChI=1S/C19H21N3O2/c1-13(2)17-10-16(8-7-15(17)11-20)24-19-9-6-14(12-22-19)4-3-5-18(21)23/h6-10,12-13H,3-5H2,1-2H3,(H2,21,23). The molecule has 24 heavy (non-hydrogen) atoms. The van der Waals surface area contributed by atoms with Crippen LogP contribution in [0.4, 0.5) is 0 Å². The van der Waals surface area contributed by atoms with E-state index in [1.54, 1.807) is 24.4 Å². The van der Waals surface area contributed by atoms with Crippen LogP contribution < -0.4 is 10.5 Å². The number of nitrogens with two attached hydrogens (primary N) is 1. The molecule has 124 valence electrons. The number of hydrogen-bond donors (Lipinski definition) is 1. The van der Waals surface area contributed by atoms with Crippen molar-refractivity contribution in [3.63, 3.8) is 0 Å². The molecule has 0 bridgehead atoms. The number of benzene rings is 1. The molecule has 0 saturated heterocycles. The van der Waals surface area contributed by atoms with Crippen molar-refractivity contribution in [3.05, 3.63) is 53.2 Å². The summed E-state index contributed by atoms with van der Waals surface area (Å²) >= 11 is 0. The molecule has 5 nitrogen and oxygen atoms in total. The van der Waals surface area contributed by atoms with Crippen LogP contribution in [0, 0.1) is 11.3 Å². The molecule has 0 fully saturated rings. The third-order valence-electron chi connectivity index (χ3n) is 3.67. The number of aromatic nitrogens is 1. The Bertz CT molecular complexity index is 746. The molecule has 2 N–H and O–H groups in total. The zero-order chi connectivity index (χ0) is 17.5. The van der Waals surface area contributed by atoms with Crippen LogP contribution in [0.5, 0.6) is 11.6 Å². The lowest BCUT2D eigenvalue weighted by atomic mass is 9.98. The molecule has 2 aromatic rings. The van der Waals surface area contributed by atoms with Gasteiger partial charge in [0, 0.05) is 18.7 Å². The van der Waals surface area contributed by atoms with Gasteiger partial charge in [-0.3, -0.25) is 4.79 Å². The highest BCUT2D eigenvalue weighted by Gasteiger charge is 2.09. The minimum Gasteiger partial charge on any atom is -0.439 e. The summed E-state index contributed by atoms with van der Waals surface area (Å²) in [5.74, 6) is 1.10. The molecule has 0 spiro atoms. The molecule has 0 atom stereocenters. The molecule has 0 unspecified atom stereocenters. The number of aryl methyl sites for hydroxylation is 1. The van der Waals surface area contributed by atoms with Gasteiger partial charge in [-0.1, -0.05) is 19.9 Å². The average molecular weight is 323 g/mol. The van der Waals surface area contributed by atoms with Crippen molar-refractivity contribution in [3.8, 4) is 17.7 Å². The summed E-state index contributed by atoms with van der Waals surface area (Å²) < 4.78 is 5.77. The highest BCUT2D eigenvalue weighted by atomic mass is 16.5. The predicted molar refractivity (Wildman–Crippen MR) is 91.7 cm³/mol. The van der Waals surface area contributed by atoms with Crippen molar-refractivity contribution in [1.29, 1.82) is 5.26 Å². The third kappa shape index (κ3) is 4.82. The SMILES string of the molecule is CC(C)c1cc(Oc2ccc(CCCC(N)=O)cn2)ccc1C#N.